The van der Waals surface area contributed by atoms with Crippen LogP contribution in [0.4, 0.5) is 0 Å². The molecule has 1 atom stereocenters. The molecule has 6 aromatic rings. The van der Waals surface area contributed by atoms with E-state index in [2.05, 4.69) is 4.98 Å². The summed E-state index contributed by atoms with van der Waals surface area (Å²) in [7, 11) is 2.58. The Morgan fingerprint density at radius 2 is 1.62 bits per heavy atom. The highest BCUT2D eigenvalue weighted by atomic mass is 16.7. The van der Waals surface area contributed by atoms with Crippen molar-refractivity contribution in [2.75, 3.05) is 14.2 Å². The number of methoxy groups -OCH3 is 2. The number of rotatable bonds is 4. The van der Waals surface area contributed by atoms with Crippen LogP contribution in [0.5, 0.6) is 28.7 Å². The van der Waals surface area contributed by atoms with E-state index in [4.69, 9.17) is 37.8 Å². The Hall–Kier alpha value is -6.44. The Bertz CT molecular complexity index is 2640. The fourth-order valence-corrected chi connectivity index (χ4v) is 6.80. The zero-order valence-electron chi connectivity index (χ0n) is 27.0. The molecule has 1 N–H and O–H groups in total. The Labute approximate surface area is 280 Å². The first-order chi connectivity index (χ1) is 24.0. The van der Waals surface area contributed by atoms with E-state index in [0.29, 0.717) is 27.6 Å². The summed E-state index contributed by atoms with van der Waals surface area (Å²) in [6.45, 7) is 2.40. The molecule has 50 heavy (non-hydrogen) atoms. The zero-order chi connectivity index (χ0) is 35.1. The lowest BCUT2D eigenvalue weighted by Gasteiger charge is -2.35. The summed E-state index contributed by atoms with van der Waals surface area (Å²) in [4.78, 5) is 72.8. The van der Waals surface area contributed by atoms with E-state index in [0.717, 1.165) is 14.0 Å². The molecule has 2 aromatic heterocycles. The van der Waals surface area contributed by atoms with Gasteiger partial charge in [-0.2, -0.15) is 0 Å². The lowest BCUT2D eigenvalue weighted by atomic mass is 9.92. The molecule has 0 bridgehead atoms. The number of nitrogens with one attached hydrogen (secondary N) is 1. The Kier molecular flexibility index (Phi) is 6.82. The monoisotopic (exact) mass is 678 g/mol. The summed E-state index contributed by atoms with van der Waals surface area (Å²) in [6, 6.07) is 11.9. The molecule has 2 aliphatic heterocycles. The third kappa shape index (κ3) is 4.63. The number of hydrogen-bond acceptors (Lipinski definition) is 13. The van der Waals surface area contributed by atoms with Gasteiger partial charge in [-0.25, -0.2) is 14.6 Å². The third-order valence-electron chi connectivity index (χ3n) is 8.82. The van der Waals surface area contributed by atoms with Gasteiger partial charge in [0.2, 0.25) is 11.2 Å². The number of H-pyrrole nitrogens is 1. The van der Waals surface area contributed by atoms with E-state index in [-0.39, 0.29) is 80.9 Å². The fraction of sp³-hybridized carbons (Fsp3) is 0.222. The summed E-state index contributed by atoms with van der Waals surface area (Å²) in [5.41, 5.74) is 1.44. The van der Waals surface area contributed by atoms with Crippen molar-refractivity contribution in [2.24, 2.45) is 0 Å². The summed E-state index contributed by atoms with van der Waals surface area (Å²) in [5.74, 6) is -4.16. The van der Waals surface area contributed by atoms with Gasteiger partial charge in [0.25, 0.3) is 5.79 Å². The number of hydrogen-bond donors (Lipinski definition) is 1. The predicted molar refractivity (Wildman–Crippen MR) is 176 cm³/mol. The van der Waals surface area contributed by atoms with Crippen LogP contribution in [-0.4, -0.2) is 47.9 Å². The molecule has 4 aromatic carbocycles. The Balaban J connectivity index is 1.34. The van der Waals surface area contributed by atoms with Crippen LogP contribution in [0.3, 0.4) is 0 Å². The summed E-state index contributed by atoms with van der Waals surface area (Å²) in [5, 5.41) is 0.483. The molecule has 0 radical (unpaired) electrons. The van der Waals surface area contributed by atoms with Gasteiger partial charge in [-0.15, -0.1) is 0 Å². The predicted octanol–water partition coefficient (Wildman–Crippen LogP) is 4.64. The second-order valence-corrected chi connectivity index (χ2v) is 12.0. The van der Waals surface area contributed by atoms with Crippen LogP contribution in [0, 0.1) is 0 Å². The first-order valence-corrected chi connectivity index (χ1v) is 15.5. The van der Waals surface area contributed by atoms with Crippen molar-refractivity contribution in [1.29, 1.82) is 0 Å². The number of benzene rings is 4. The lowest BCUT2D eigenvalue weighted by molar-refractivity contribution is -0.133. The topological polar surface area (TPSA) is 183 Å². The number of carbonyl (C=O) groups excluding carboxylic acids is 3. The van der Waals surface area contributed by atoms with Crippen molar-refractivity contribution < 1.29 is 47.2 Å². The number of aromatic nitrogens is 2. The van der Waals surface area contributed by atoms with Crippen LogP contribution < -0.4 is 34.7 Å². The van der Waals surface area contributed by atoms with Crippen LogP contribution in [0.1, 0.15) is 41.9 Å². The van der Waals surface area contributed by atoms with Crippen molar-refractivity contribution in [3.8, 4) is 28.7 Å². The summed E-state index contributed by atoms with van der Waals surface area (Å²) >= 11 is 0. The second kappa shape index (κ2) is 11.1. The highest BCUT2D eigenvalue weighted by Gasteiger charge is 2.49. The standard InChI is InChI=1S/C36H26N2O12/c1-15(39)46-31-19-14-36(10-9-17-11-18-12-24(34(42)45-4)48-35(43)25(18)33(30(17)49-36)47-16(2)40)50-32(19)29(41)27-26(31)23(44-3)13-22-28(27)38-21-8-6-5-7-20(21)37-22/h5-8,11-13,38H,9-10,14H2,1-4H3. The van der Waals surface area contributed by atoms with Gasteiger partial charge in [-0.05, 0) is 41.6 Å². The zero-order valence-corrected chi connectivity index (χ0v) is 27.0. The minimum atomic E-state index is -1.55. The largest absolute Gasteiger partial charge is 0.496 e. The molecule has 14 heteroatoms. The van der Waals surface area contributed by atoms with Crippen molar-refractivity contribution in [3.05, 3.63) is 80.0 Å². The first-order valence-electron chi connectivity index (χ1n) is 15.5. The van der Waals surface area contributed by atoms with Crippen molar-refractivity contribution in [2.45, 2.75) is 38.9 Å². The second-order valence-electron chi connectivity index (χ2n) is 12.0. The molecule has 1 spiro atoms. The van der Waals surface area contributed by atoms with Gasteiger partial charge in [0.15, 0.2) is 17.2 Å². The summed E-state index contributed by atoms with van der Waals surface area (Å²) < 4.78 is 39.9. The molecule has 0 saturated carbocycles. The Morgan fingerprint density at radius 1 is 0.880 bits per heavy atom. The number of ether oxygens (including phenoxy) is 6. The molecule has 8 rings (SSSR count). The SMILES string of the molecule is COC(=O)c1cc2cc3c(c(OC(C)=O)c2c(=O)o1)OC1(CC3)Cc2c(c(=O)c3c(c(OC)cc4nc5ccccc5[nH]c43)c2OC(C)=O)O1. The number of esters is 3. The Morgan fingerprint density at radius 3 is 2.36 bits per heavy atom. The van der Waals surface area contributed by atoms with E-state index < -0.39 is 34.7 Å². The number of aryl methyl sites for hydroxylation is 1. The smallest absolute Gasteiger partial charge is 0.374 e. The van der Waals surface area contributed by atoms with Gasteiger partial charge in [0.1, 0.15) is 16.9 Å². The average Bonchev–Trinajstić information content (AvgIpc) is 3.46. The molecular formula is C36H26N2O12. The fourth-order valence-electron chi connectivity index (χ4n) is 6.80. The minimum absolute atomic E-state index is 0.0166. The van der Waals surface area contributed by atoms with E-state index in [1.165, 1.54) is 20.1 Å². The lowest BCUT2D eigenvalue weighted by Crippen LogP contribution is -2.44. The van der Waals surface area contributed by atoms with Crippen molar-refractivity contribution >= 4 is 61.5 Å². The average molecular weight is 679 g/mol. The number of para-hydroxylation sites is 2. The normalized spacial score (nSPS) is 16.2. The van der Waals surface area contributed by atoms with Crippen LogP contribution in [0.25, 0.3) is 43.6 Å². The molecule has 14 nitrogen and oxygen atoms in total. The van der Waals surface area contributed by atoms with Gasteiger partial charge in [0, 0.05) is 31.9 Å². The summed E-state index contributed by atoms with van der Waals surface area (Å²) in [6.07, 6.45) is 0.397. The molecule has 4 heterocycles. The van der Waals surface area contributed by atoms with Gasteiger partial charge < -0.3 is 37.8 Å². The maximum atomic E-state index is 14.5. The van der Waals surface area contributed by atoms with Crippen LogP contribution in [0.2, 0.25) is 0 Å². The van der Waals surface area contributed by atoms with E-state index in [1.54, 1.807) is 12.1 Å². The first kappa shape index (κ1) is 30.9. The van der Waals surface area contributed by atoms with Crippen molar-refractivity contribution in [1.82, 2.24) is 9.97 Å². The highest BCUT2D eigenvalue weighted by molar-refractivity contribution is 6.12. The molecule has 1 unspecified atom stereocenters. The number of aromatic amines is 1. The molecule has 252 valence electrons. The quantitative estimate of drug-likeness (QED) is 0.118. The van der Waals surface area contributed by atoms with Gasteiger partial charge >= 0.3 is 23.5 Å². The number of carbonyl (C=O) groups is 3. The van der Waals surface area contributed by atoms with Crippen LogP contribution in [-0.2, 0) is 27.2 Å². The van der Waals surface area contributed by atoms with E-state index in [1.807, 2.05) is 24.3 Å². The molecule has 2 aliphatic rings. The van der Waals surface area contributed by atoms with Crippen molar-refractivity contribution in [3.63, 3.8) is 0 Å². The van der Waals surface area contributed by atoms with Gasteiger partial charge in [-0.1, -0.05) is 12.1 Å². The van der Waals surface area contributed by atoms with Gasteiger partial charge in [-0.3, -0.25) is 14.4 Å². The van der Waals surface area contributed by atoms with Gasteiger partial charge in [0.05, 0.1) is 53.5 Å². The molecule has 0 saturated heterocycles. The van der Waals surface area contributed by atoms with Crippen LogP contribution >= 0.6 is 0 Å². The molecule has 0 amide bonds. The number of nitrogens with zero attached hydrogens (tertiary/aromatic N) is 1. The molecule has 0 aliphatic carbocycles. The van der Waals surface area contributed by atoms with E-state index >= 15 is 0 Å². The maximum absolute atomic E-state index is 14.5. The van der Waals surface area contributed by atoms with E-state index in [9.17, 15) is 24.0 Å². The maximum Gasteiger partial charge on any atom is 0.374 e. The third-order valence-corrected chi connectivity index (χ3v) is 8.82. The number of fused-ring (bicyclic) bond motifs is 7. The molecule has 0 fully saturated rings. The molecular weight excluding hydrogens is 652 g/mol. The minimum Gasteiger partial charge on any atom is -0.496 e. The van der Waals surface area contributed by atoms with Crippen LogP contribution in [0.15, 0.2) is 56.5 Å². The highest BCUT2D eigenvalue weighted by Crippen LogP contribution is 2.52.